The lowest BCUT2D eigenvalue weighted by atomic mass is 9.94. The molecule has 1 saturated carbocycles. The van der Waals surface area contributed by atoms with E-state index in [1.54, 1.807) is 0 Å². The van der Waals surface area contributed by atoms with Gasteiger partial charge in [0.2, 0.25) is 0 Å². The van der Waals surface area contributed by atoms with Crippen molar-refractivity contribution in [1.29, 1.82) is 0 Å². The standard InChI is InChI=1S/C10H18/c1-9(2,3)5-6-10(4)7-8-10/h5-6H,7-8H2,1-4H3/b6-5-. The summed E-state index contributed by atoms with van der Waals surface area (Å²) >= 11 is 0. The summed E-state index contributed by atoms with van der Waals surface area (Å²) in [5, 5.41) is 0. The van der Waals surface area contributed by atoms with Crippen molar-refractivity contribution in [3.8, 4) is 0 Å². The maximum atomic E-state index is 2.38. The second kappa shape index (κ2) is 2.11. The molecule has 1 fully saturated rings. The SMILES string of the molecule is CC(C)(C)/C=C\C1(C)CC1. The van der Waals surface area contributed by atoms with Crippen molar-refractivity contribution in [2.75, 3.05) is 0 Å². The molecule has 0 bridgehead atoms. The van der Waals surface area contributed by atoms with E-state index < -0.39 is 0 Å². The van der Waals surface area contributed by atoms with Gasteiger partial charge in [-0.2, -0.15) is 0 Å². The van der Waals surface area contributed by atoms with Crippen LogP contribution in [0.4, 0.5) is 0 Å². The molecule has 0 N–H and O–H groups in total. The first-order valence-electron chi connectivity index (χ1n) is 4.12. The summed E-state index contributed by atoms with van der Waals surface area (Å²) in [6, 6.07) is 0. The zero-order valence-corrected chi connectivity index (χ0v) is 7.57. The Bertz CT molecular complexity index is 135. The van der Waals surface area contributed by atoms with Crippen LogP contribution in [0.5, 0.6) is 0 Å². The van der Waals surface area contributed by atoms with Gasteiger partial charge in [-0.05, 0) is 23.7 Å². The van der Waals surface area contributed by atoms with Crippen LogP contribution < -0.4 is 0 Å². The molecule has 0 saturated heterocycles. The molecule has 1 aliphatic carbocycles. The van der Waals surface area contributed by atoms with Gasteiger partial charge < -0.3 is 0 Å². The van der Waals surface area contributed by atoms with Crippen molar-refractivity contribution in [1.82, 2.24) is 0 Å². The molecule has 0 heteroatoms. The van der Waals surface area contributed by atoms with Crippen LogP contribution in [0.2, 0.25) is 0 Å². The normalized spacial score (nSPS) is 23.6. The summed E-state index contributed by atoms with van der Waals surface area (Å²) in [6.45, 7) is 9.06. The Balaban J connectivity index is 2.44. The first kappa shape index (κ1) is 7.84. The molecule has 0 amide bonds. The maximum Gasteiger partial charge on any atom is -0.0146 e. The summed E-state index contributed by atoms with van der Waals surface area (Å²) in [5.74, 6) is 0. The molecule has 0 unspecified atom stereocenters. The average molecular weight is 138 g/mol. The minimum Gasteiger partial charge on any atom is -0.0826 e. The third-order valence-electron chi connectivity index (χ3n) is 2.02. The van der Waals surface area contributed by atoms with Gasteiger partial charge in [-0.15, -0.1) is 0 Å². The fourth-order valence-electron chi connectivity index (χ4n) is 0.815. The molecule has 0 aromatic carbocycles. The Morgan fingerprint density at radius 2 is 1.70 bits per heavy atom. The zero-order chi connectivity index (χ0) is 7.83. The van der Waals surface area contributed by atoms with Gasteiger partial charge in [-0.1, -0.05) is 39.8 Å². The predicted octanol–water partition coefficient (Wildman–Crippen LogP) is 3.39. The molecule has 0 heterocycles. The van der Waals surface area contributed by atoms with Crippen molar-refractivity contribution in [2.24, 2.45) is 10.8 Å². The van der Waals surface area contributed by atoms with Crippen molar-refractivity contribution in [3.63, 3.8) is 0 Å². The lowest BCUT2D eigenvalue weighted by Crippen LogP contribution is -2.00. The summed E-state index contributed by atoms with van der Waals surface area (Å²) in [6.07, 6.45) is 7.49. The lowest BCUT2D eigenvalue weighted by Gasteiger charge is -2.12. The van der Waals surface area contributed by atoms with E-state index in [0.29, 0.717) is 10.8 Å². The molecule has 0 aliphatic heterocycles. The molecule has 0 aromatic rings. The van der Waals surface area contributed by atoms with Gasteiger partial charge in [0.25, 0.3) is 0 Å². The van der Waals surface area contributed by atoms with Crippen LogP contribution in [-0.4, -0.2) is 0 Å². The fourth-order valence-corrected chi connectivity index (χ4v) is 0.815. The van der Waals surface area contributed by atoms with Crippen molar-refractivity contribution < 1.29 is 0 Å². The van der Waals surface area contributed by atoms with Crippen LogP contribution in [-0.2, 0) is 0 Å². The Morgan fingerprint density at radius 1 is 1.20 bits per heavy atom. The van der Waals surface area contributed by atoms with E-state index in [4.69, 9.17) is 0 Å². The number of hydrogen-bond donors (Lipinski definition) is 0. The monoisotopic (exact) mass is 138 g/mol. The quantitative estimate of drug-likeness (QED) is 0.487. The molecule has 0 atom stereocenters. The average Bonchev–Trinajstić information content (AvgIpc) is 2.43. The summed E-state index contributed by atoms with van der Waals surface area (Å²) in [5.41, 5.74) is 0.943. The lowest BCUT2D eigenvalue weighted by molar-refractivity contribution is 0.535. The van der Waals surface area contributed by atoms with E-state index in [0.717, 1.165) is 0 Å². The fraction of sp³-hybridized carbons (Fsp3) is 0.800. The Kier molecular flexibility index (Phi) is 1.66. The first-order valence-corrected chi connectivity index (χ1v) is 4.12. The topological polar surface area (TPSA) is 0 Å². The summed E-state index contributed by atoms with van der Waals surface area (Å²) in [4.78, 5) is 0. The minimum atomic E-state index is 0.367. The highest BCUT2D eigenvalue weighted by molar-refractivity contribution is 5.09. The van der Waals surface area contributed by atoms with Crippen LogP contribution >= 0.6 is 0 Å². The van der Waals surface area contributed by atoms with E-state index in [9.17, 15) is 0 Å². The minimum absolute atomic E-state index is 0.367. The van der Waals surface area contributed by atoms with E-state index in [2.05, 4.69) is 39.8 Å². The molecule has 0 nitrogen and oxygen atoms in total. The summed E-state index contributed by atoms with van der Waals surface area (Å²) in [7, 11) is 0. The Hall–Kier alpha value is -0.260. The van der Waals surface area contributed by atoms with Crippen LogP contribution in [0.3, 0.4) is 0 Å². The second-order valence-corrected chi connectivity index (χ2v) is 4.85. The van der Waals surface area contributed by atoms with Crippen LogP contribution in [0.25, 0.3) is 0 Å². The number of allylic oxidation sites excluding steroid dienone is 2. The van der Waals surface area contributed by atoms with E-state index in [1.807, 2.05) is 0 Å². The molecule has 0 aromatic heterocycles. The Labute approximate surface area is 64.3 Å². The molecule has 1 aliphatic rings. The molecule has 10 heavy (non-hydrogen) atoms. The molecule has 1 rings (SSSR count). The highest BCUT2D eigenvalue weighted by Crippen LogP contribution is 2.46. The van der Waals surface area contributed by atoms with Crippen molar-refractivity contribution in [3.05, 3.63) is 12.2 Å². The molecular formula is C10H18. The third-order valence-corrected chi connectivity index (χ3v) is 2.02. The number of rotatable bonds is 1. The van der Waals surface area contributed by atoms with Crippen LogP contribution in [0.1, 0.15) is 40.5 Å². The van der Waals surface area contributed by atoms with Gasteiger partial charge in [0, 0.05) is 0 Å². The largest absolute Gasteiger partial charge is 0.0826 e. The molecule has 0 spiro atoms. The first-order chi connectivity index (χ1) is 4.41. The third kappa shape index (κ3) is 2.55. The van der Waals surface area contributed by atoms with Gasteiger partial charge in [-0.3, -0.25) is 0 Å². The van der Waals surface area contributed by atoms with Gasteiger partial charge in [-0.25, -0.2) is 0 Å². The Morgan fingerprint density at radius 3 is 2.00 bits per heavy atom. The van der Waals surface area contributed by atoms with E-state index >= 15 is 0 Å². The van der Waals surface area contributed by atoms with Crippen LogP contribution in [0, 0.1) is 10.8 Å². The highest BCUT2D eigenvalue weighted by atomic mass is 14.4. The van der Waals surface area contributed by atoms with E-state index in [-0.39, 0.29) is 0 Å². The highest BCUT2D eigenvalue weighted by Gasteiger charge is 2.34. The number of hydrogen-bond acceptors (Lipinski definition) is 0. The predicted molar refractivity (Wildman–Crippen MR) is 45.9 cm³/mol. The van der Waals surface area contributed by atoms with Gasteiger partial charge in [0.15, 0.2) is 0 Å². The van der Waals surface area contributed by atoms with Crippen LogP contribution in [0.15, 0.2) is 12.2 Å². The molecule has 58 valence electrons. The molecule has 0 radical (unpaired) electrons. The molecular weight excluding hydrogens is 120 g/mol. The smallest absolute Gasteiger partial charge is 0.0146 e. The van der Waals surface area contributed by atoms with Crippen molar-refractivity contribution >= 4 is 0 Å². The van der Waals surface area contributed by atoms with Gasteiger partial charge >= 0.3 is 0 Å². The van der Waals surface area contributed by atoms with Crippen molar-refractivity contribution in [2.45, 2.75) is 40.5 Å². The second-order valence-electron chi connectivity index (χ2n) is 4.85. The summed E-state index contributed by atoms with van der Waals surface area (Å²) < 4.78 is 0. The van der Waals surface area contributed by atoms with Gasteiger partial charge in [0.05, 0.1) is 0 Å². The van der Waals surface area contributed by atoms with E-state index in [1.165, 1.54) is 12.8 Å². The van der Waals surface area contributed by atoms with Gasteiger partial charge in [0.1, 0.15) is 0 Å². The zero-order valence-electron chi connectivity index (χ0n) is 7.57. The maximum absolute atomic E-state index is 2.38.